The highest BCUT2D eigenvalue weighted by atomic mass is 16.7. The van der Waals surface area contributed by atoms with Gasteiger partial charge < -0.3 is 59.3 Å². The number of carbonyl (C=O) groups is 1. The van der Waals surface area contributed by atoms with Gasteiger partial charge in [0, 0.05) is 25.5 Å². The number of carbonyl (C=O) groups excluding carboxylic acids is 1. The largest absolute Gasteiger partial charge is 0.459 e. The van der Waals surface area contributed by atoms with Crippen LogP contribution in [-0.4, -0.2) is 130 Å². The molecule has 3 fully saturated rings. The molecule has 3 saturated heterocycles. The first-order chi connectivity index (χ1) is 22.7. The smallest absolute Gasteiger partial charge is 0.311 e. The molecule has 13 nitrogen and oxygen atoms in total. The summed E-state index contributed by atoms with van der Waals surface area (Å²) in [4.78, 5) is 14.1. The summed E-state index contributed by atoms with van der Waals surface area (Å²) in [6, 6.07) is -0.569. The molecule has 0 spiro atoms. The zero-order valence-electron chi connectivity index (χ0n) is 31.7. The normalized spacial score (nSPS) is 49.8. The van der Waals surface area contributed by atoms with Gasteiger partial charge in [0.25, 0.3) is 0 Å². The monoisotopic (exact) mass is 706 g/mol. The van der Waals surface area contributed by atoms with E-state index in [0.29, 0.717) is 19.4 Å². The zero-order valence-corrected chi connectivity index (χ0v) is 31.7. The van der Waals surface area contributed by atoms with Gasteiger partial charge in [-0.05, 0) is 86.6 Å². The minimum absolute atomic E-state index is 0.0948. The van der Waals surface area contributed by atoms with Crippen molar-refractivity contribution in [2.24, 2.45) is 23.7 Å². The molecule has 3 heterocycles. The van der Waals surface area contributed by atoms with Crippen LogP contribution in [0.5, 0.6) is 0 Å². The number of aliphatic hydroxyl groups excluding tert-OH is 2. The number of methoxy groups -OCH3 is 1. The molecule has 0 aromatic carbocycles. The molecular formula is C36H68NO12+. The second kappa shape index (κ2) is 17.2. The van der Waals surface area contributed by atoms with Gasteiger partial charge in [0.15, 0.2) is 19.2 Å². The Labute approximate surface area is 293 Å². The molecule has 0 radical (unpaired) electrons. The molecule has 0 aromatic heterocycles. The number of esters is 1. The molecular weight excluding hydrogens is 638 g/mol. The quantitative estimate of drug-likeness (QED) is 0.192. The van der Waals surface area contributed by atoms with Crippen LogP contribution in [0.2, 0.25) is 0 Å². The van der Waals surface area contributed by atoms with E-state index in [1.807, 2.05) is 34.6 Å². The molecule has 49 heavy (non-hydrogen) atoms. The standard InChI is InChI=1S/C36H67NO12/c1-12-27-36(10,43)30(40)23(6)37-17-19(2)15-34(8,42)31(49-33-26(39)14-13-20(3)45-33)21(4)29(22(5)32(41)47-27)48-28-16-35(9,44-11)25(18-38)24(7)46-28/h19-31,33,37-40,42-43H,12-18H2,1-11H3/p+1/t19-,20-,21+,22-,23-,24+,25?,26-,27-,28+,29+,30-,31-,33+,34-,35-,36-/m1/s1. The maximum absolute atomic E-state index is 14.1. The summed E-state index contributed by atoms with van der Waals surface area (Å²) < 4.78 is 37.6. The van der Waals surface area contributed by atoms with Crippen molar-refractivity contribution >= 4 is 5.97 Å². The van der Waals surface area contributed by atoms with Crippen molar-refractivity contribution in [2.45, 2.75) is 179 Å². The van der Waals surface area contributed by atoms with Crippen LogP contribution in [0, 0.1) is 23.7 Å². The van der Waals surface area contributed by atoms with Gasteiger partial charge in [0.1, 0.15) is 23.9 Å². The fraction of sp³-hybridized carbons (Fsp3) is 0.972. The number of nitrogens with one attached hydrogen (secondary N) is 1. The van der Waals surface area contributed by atoms with E-state index < -0.39 is 83.7 Å². The third-order valence-electron chi connectivity index (χ3n) is 11.5. The number of cyclic esters (lactones) is 1. The third-order valence-corrected chi connectivity index (χ3v) is 11.5. The van der Waals surface area contributed by atoms with Crippen LogP contribution in [0.15, 0.2) is 0 Å². The van der Waals surface area contributed by atoms with E-state index in [1.54, 1.807) is 34.8 Å². The maximum atomic E-state index is 14.1. The van der Waals surface area contributed by atoms with Gasteiger partial charge >= 0.3 is 5.97 Å². The Morgan fingerprint density at radius 1 is 0.980 bits per heavy atom. The Morgan fingerprint density at radius 3 is 2.22 bits per heavy atom. The summed E-state index contributed by atoms with van der Waals surface area (Å²) in [5.41, 5.74) is -4.03. The lowest BCUT2D eigenvalue weighted by Crippen LogP contribution is -2.59. The molecule has 0 aliphatic carbocycles. The Balaban J connectivity index is 2.12. The number of ether oxygens (including phenoxy) is 6. The van der Waals surface area contributed by atoms with Gasteiger partial charge in [-0.1, -0.05) is 20.8 Å². The van der Waals surface area contributed by atoms with Gasteiger partial charge in [0.2, 0.25) is 0 Å². The summed E-state index contributed by atoms with van der Waals surface area (Å²) in [6.07, 6.45) is -5.69. The van der Waals surface area contributed by atoms with E-state index in [-0.39, 0.29) is 49.9 Å². The van der Waals surface area contributed by atoms with E-state index in [2.05, 4.69) is 5.32 Å². The number of hydrogen-bond donors (Lipinski definition) is 5. The first-order valence-electron chi connectivity index (χ1n) is 18.3. The minimum atomic E-state index is -1.78. The average molecular weight is 707 g/mol. The summed E-state index contributed by atoms with van der Waals surface area (Å²) in [5.74, 6) is -2.66. The molecule has 0 saturated carbocycles. The first kappa shape index (κ1) is 42.4. The lowest BCUT2D eigenvalue weighted by molar-refractivity contribution is -0.310. The number of hydrogen-bond acceptors (Lipinski definition) is 12. The first-order valence-corrected chi connectivity index (χ1v) is 18.3. The average Bonchev–Trinajstić information content (AvgIpc) is 3.03. The van der Waals surface area contributed by atoms with Crippen molar-refractivity contribution in [1.29, 1.82) is 0 Å². The highest BCUT2D eigenvalue weighted by Crippen LogP contribution is 2.41. The molecule has 288 valence electrons. The highest BCUT2D eigenvalue weighted by Gasteiger charge is 2.52. The molecule has 0 amide bonds. The fourth-order valence-electron chi connectivity index (χ4n) is 8.22. The molecule has 3 aliphatic heterocycles. The summed E-state index contributed by atoms with van der Waals surface area (Å²) in [5, 5.41) is 57.5. The van der Waals surface area contributed by atoms with Crippen LogP contribution in [0.3, 0.4) is 0 Å². The molecule has 17 atom stereocenters. The Morgan fingerprint density at radius 2 is 1.63 bits per heavy atom. The summed E-state index contributed by atoms with van der Waals surface area (Å²) in [6.45, 7) is 18.4. The van der Waals surface area contributed by atoms with Crippen molar-refractivity contribution in [1.82, 2.24) is 5.32 Å². The number of aliphatic hydroxyl groups is 4. The summed E-state index contributed by atoms with van der Waals surface area (Å²) >= 11 is 0. The van der Waals surface area contributed by atoms with Crippen molar-refractivity contribution < 1.29 is 58.7 Å². The third kappa shape index (κ3) is 9.92. The van der Waals surface area contributed by atoms with Gasteiger partial charge in [-0.3, -0.25) is 4.79 Å². The van der Waals surface area contributed by atoms with Crippen molar-refractivity contribution in [3.8, 4) is 0 Å². The van der Waals surface area contributed by atoms with E-state index in [4.69, 9.17) is 33.5 Å². The molecule has 13 heteroatoms. The topological polar surface area (TPSA) is 188 Å². The van der Waals surface area contributed by atoms with Crippen molar-refractivity contribution in [2.75, 3.05) is 20.3 Å². The van der Waals surface area contributed by atoms with Crippen LogP contribution in [-0.2, 0) is 33.2 Å². The predicted octanol–water partition coefficient (Wildman–Crippen LogP) is 2.00. The van der Waals surface area contributed by atoms with Crippen LogP contribution in [0.4, 0.5) is 0 Å². The van der Waals surface area contributed by atoms with Crippen molar-refractivity contribution in [3.63, 3.8) is 0 Å². The Bertz CT molecular complexity index is 1050. The summed E-state index contributed by atoms with van der Waals surface area (Å²) in [7, 11) is 1.60. The number of rotatable bonds is 7. The Hall–Kier alpha value is -0.970. The molecule has 0 bridgehead atoms. The van der Waals surface area contributed by atoms with Gasteiger partial charge in [-0.15, -0.1) is 0 Å². The molecule has 1 unspecified atom stereocenters. The lowest BCUT2D eigenvalue weighted by atomic mass is 9.77. The second-order valence-electron chi connectivity index (χ2n) is 15.9. The SMILES string of the molecule is CC[C@H]1OC(=O)[C@H](C)[C@@H](O[C@H]2C[C@@](C)(OC)C(C[OH2+])[C@H](C)O2)[C@H](C)[C@@H](O[C@@H]2O[C@H](C)CC[C@H]2O)[C@](C)(O)C[C@@H](C)CN[C@H](C)[C@@H](O)[C@]1(C)O. The van der Waals surface area contributed by atoms with Crippen LogP contribution in [0.1, 0.15) is 101 Å². The Kier molecular flexibility index (Phi) is 14.9. The fourth-order valence-corrected chi connectivity index (χ4v) is 8.22. The molecule has 7 N–H and O–H groups in total. The van der Waals surface area contributed by atoms with Gasteiger partial charge in [-0.2, -0.15) is 0 Å². The predicted molar refractivity (Wildman–Crippen MR) is 183 cm³/mol. The van der Waals surface area contributed by atoms with E-state index in [1.165, 1.54) is 6.92 Å². The molecule has 3 aliphatic rings. The minimum Gasteiger partial charge on any atom is -0.459 e. The van der Waals surface area contributed by atoms with Gasteiger partial charge in [-0.25, -0.2) is 0 Å². The molecule has 3 rings (SSSR count). The van der Waals surface area contributed by atoms with Crippen molar-refractivity contribution in [3.05, 3.63) is 0 Å². The lowest BCUT2D eigenvalue weighted by Gasteiger charge is -2.48. The molecule has 0 aromatic rings. The maximum Gasteiger partial charge on any atom is 0.311 e. The van der Waals surface area contributed by atoms with E-state index in [0.717, 1.165) is 0 Å². The zero-order chi connectivity index (χ0) is 37.1. The van der Waals surface area contributed by atoms with Gasteiger partial charge in [0.05, 0.1) is 47.5 Å². The van der Waals surface area contributed by atoms with Crippen LogP contribution >= 0.6 is 0 Å². The second-order valence-corrected chi connectivity index (χ2v) is 15.9. The highest BCUT2D eigenvalue weighted by molar-refractivity contribution is 5.73. The van der Waals surface area contributed by atoms with E-state index >= 15 is 0 Å². The van der Waals surface area contributed by atoms with Crippen LogP contribution in [0.25, 0.3) is 0 Å². The van der Waals surface area contributed by atoms with E-state index in [9.17, 15) is 25.2 Å². The van der Waals surface area contributed by atoms with Crippen LogP contribution < -0.4 is 5.32 Å².